The van der Waals surface area contributed by atoms with E-state index in [1.807, 2.05) is 0 Å². The van der Waals surface area contributed by atoms with E-state index in [-0.39, 0.29) is 12.7 Å². The van der Waals surface area contributed by atoms with Crippen LogP contribution in [0.2, 0.25) is 0 Å². The van der Waals surface area contributed by atoms with Crippen LogP contribution in [0.25, 0.3) is 0 Å². The Morgan fingerprint density at radius 2 is 2.36 bits per heavy atom. The summed E-state index contributed by atoms with van der Waals surface area (Å²) in [5.74, 6) is 0. The molecule has 2 nitrogen and oxygen atoms in total. The van der Waals surface area contributed by atoms with Gasteiger partial charge in [0, 0.05) is 0 Å². The summed E-state index contributed by atoms with van der Waals surface area (Å²) >= 11 is 0. The average molecular weight is 154 g/mol. The Hall–Kier alpha value is -0.600. The van der Waals surface area contributed by atoms with Gasteiger partial charge in [-0.2, -0.15) is 0 Å². The molecule has 0 spiro atoms. The van der Waals surface area contributed by atoms with Crippen molar-refractivity contribution >= 4 is 0 Å². The van der Waals surface area contributed by atoms with Gasteiger partial charge in [-0.25, -0.2) is 0 Å². The van der Waals surface area contributed by atoms with Crippen molar-refractivity contribution in [1.82, 2.24) is 0 Å². The van der Waals surface area contributed by atoms with E-state index < -0.39 is 0 Å². The highest BCUT2D eigenvalue weighted by molar-refractivity contribution is 5.31. The molecular weight excluding hydrogens is 140 g/mol. The van der Waals surface area contributed by atoms with Crippen LogP contribution < -0.4 is 0 Å². The summed E-state index contributed by atoms with van der Waals surface area (Å²) in [6, 6.07) is 0. The molecule has 0 aromatic carbocycles. The van der Waals surface area contributed by atoms with E-state index in [1.54, 1.807) is 6.08 Å². The van der Waals surface area contributed by atoms with Crippen LogP contribution >= 0.6 is 0 Å². The van der Waals surface area contributed by atoms with Crippen LogP contribution in [0.1, 0.15) is 19.3 Å². The molecule has 1 atom stereocenters. The summed E-state index contributed by atoms with van der Waals surface area (Å²) in [5.41, 5.74) is 2.08. The van der Waals surface area contributed by atoms with E-state index in [0.29, 0.717) is 6.42 Å². The lowest BCUT2D eigenvalue weighted by Gasteiger charge is -2.21. The molecule has 1 aliphatic rings. The molecular formula is C9H14O2. The summed E-state index contributed by atoms with van der Waals surface area (Å²) < 4.78 is 0. The SMILES string of the molecule is C=C1CC[C@H](O)C/C1=C/CO. The van der Waals surface area contributed by atoms with Crippen molar-refractivity contribution in [3.8, 4) is 0 Å². The zero-order valence-electron chi connectivity index (χ0n) is 6.58. The van der Waals surface area contributed by atoms with Crippen LogP contribution in [0, 0.1) is 0 Å². The van der Waals surface area contributed by atoms with E-state index in [2.05, 4.69) is 6.58 Å². The van der Waals surface area contributed by atoms with E-state index >= 15 is 0 Å². The Labute approximate surface area is 66.9 Å². The molecule has 0 radical (unpaired) electrons. The smallest absolute Gasteiger partial charge is 0.0618 e. The van der Waals surface area contributed by atoms with Gasteiger partial charge in [0.25, 0.3) is 0 Å². The Bertz CT molecular complexity index is 182. The number of aliphatic hydroxyl groups excluding tert-OH is 2. The third-order valence-electron chi connectivity index (χ3n) is 2.03. The molecule has 11 heavy (non-hydrogen) atoms. The predicted octanol–water partition coefficient (Wildman–Crippen LogP) is 1.01. The Morgan fingerprint density at radius 3 is 3.00 bits per heavy atom. The molecule has 62 valence electrons. The molecule has 2 heteroatoms. The highest BCUT2D eigenvalue weighted by Gasteiger charge is 2.16. The van der Waals surface area contributed by atoms with Crippen molar-refractivity contribution in [3.05, 3.63) is 23.8 Å². The van der Waals surface area contributed by atoms with Gasteiger partial charge in [-0.1, -0.05) is 18.2 Å². The van der Waals surface area contributed by atoms with Crippen molar-refractivity contribution in [1.29, 1.82) is 0 Å². The second kappa shape index (κ2) is 3.69. The Balaban J connectivity index is 2.61. The fourth-order valence-corrected chi connectivity index (χ4v) is 1.34. The summed E-state index contributed by atoms with van der Waals surface area (Å²) in [5, 5.41) is 17.9. The lowest BCUT2D eigenvalue weighted by atomic mass is 9.88. The molecule has 1 aliphatic carbocycles. The van der Waals surface area contributed by atoms with Crippen LogP contribution in [-0.2, 0) is 0 Å². The van der Waals surface area contributed by atoms with Crippen molar-refractivity contribution in [2.24, 2.45) is 0 Å². The van der Waals surface area contributed by atoms with Crippen molar-refractivity contribution in [2.75, 3.05) is 6.61 Å². The zero-order chi connectivity index (χ0) is 8.27. The zero-order valence-corrected chi connectivity index (χ0v) is 6.58. The lowest BCUT2D eigenvalue weighted by Crippen LogP contribution is -2.14. The maximum absolute atomic E-state index is 9.26. The highest BCUT2D eigenvalue weighted by Crippen LogP contribution is 2.27. The van der Waals surface area contributed by atoms with Crippen molar-refractivity contribution in [2.45, 2.75) is 25.4 Å². The molecule has 2 N–H and O–H groups in total. The van der Waals surface area contributed by atoms with Gasteiger partial charge in [0.15, 0.2) is 0 Å². The third kappa shape index (κ3) is 2.17. The molecule has 1 fully saturated rings. The number of aliphatic hydroxyl groups is 2. The molecule has 0 heterocycles. The third-order valence-corrected chi connectivity index (χ3v) is 2.03. The number of rotatable bonds is 1. The fourth-order valence-electron chi connectivity index (χ4n) is 1.34. The largest absolute Gasteiger partial charge is 0.393 e. The molecule has 0 aromatic heterocycles. The van der Waals surface area contributed by atoms with E-state index in [9.17, 15) is 5.11 Å². The second-order valence-corrected chi connectivity index (χ2v) is 2.91. The van der Waals surface area contributed by atoms with Gasteiger partial charge in [-0.3, -0.25) is 0 Å². The van der Waals surface area contributed by atoms with Gasteiger partial charge in [-0.05, 0) is 24.8 Å². The quantitative estimate of drug-likeness (QED) is 0.591. The normalized spacial score (nSPS) is 29.5. The molecule has 1 rings (SSSR count). The molecule has 1 saturated carbocycles. The van der Waals surface area contributed by atoms with Gasteiger partial charge < -0.3 is 10.2 Å². The highest BCUT2D eigenvalue weighted by atomic mass is 16.3. The summed E-state index contributed by atoms with van der Waals surface area (Å²) in [7, 11) is 0. The molecule has 0 unspecified atom stereocenters. The Kier molecular flexibility index (Phi) is 2.85. The van der Waals surface area contributed by atoms with Crippen LogP contribution in [-0.4, -0.2) is 22.9 Å². The first-order chi connectivity index (χ1) is 5.24. The predicted molar refractivity (Wildman–Crippen MR) is 44.2 cm³/mol. The number of allylic oxidation sites excluding steroid dienone is 1. The minimum absolute atomic E-state index is 0.0427. The fraction of sp³-hybridized carbons (Fsp3) is 0.556. The van der Waals surface area contributed by atoms with E-state index in [4.69, 9.17) is 5.11 Å². The molecule has 0 saturated heterocycles. The molecule has 0 aliphatic heterocycles. The maximum atomic E-state index is 9.26. The molecule has 0 aromatic rings. The minimum Gasteiger partial charge on any atom is -0.393 e. The summed E-state index contributed by atoms with van der Waals surface area (Å²) in [6.07, 6.45) is 3.80. The van der Waals surface area contributed by atoms with Gasteiger partial charge >= 0.3 is 0 Å². The first-order valence-electron chi connectivity index (χ1n) is 3.90. The maximum Gasteiger partial charge on any atom is 0.0618 e. The Morgan fingerprint density at radius 1 is 1.64 bits per heavy atom. The van der Waals surface area contributed by atoms with E-state index in [1.165, 1.54) is 0 Å². The van der Waals surface area contributed by atoms with Crippen LogP contribution in [0.15, 0.2) is 23.8 Å². The number of hydrogen-bond acceptors (Lipinski definition) is 2. The molecule has 0 bridgehead atoms. The standard InChI is InChI=1S/C9H14O2/c1-7-2-3-9(11)6-8(7)4-5-10/h4,9-11H,1-3,5-6H2/b8-4-/t9-/m0/s1. The summed E-state index contributed by atoms with van der Waals surface area (Å²) in [6.45, 7) is 3.90. The van der Waals surface area contributed by atoms with Crippen LogP contribution in [0.5, 0.6) is 0 Å². The molecule has 0 amide bonds. The van der Waals surface area contributed by atoms with E-state index in [0.717, 1.165) is 24.0 Å². The van der Waals surface area contributed by atoms with Crippen LogP contribution in [0.4, 0.5) is 0 Å². The van der Waals surface area contributed by atoms with Gasteiger partial charge in [0.1, 0.15) is 0 Å². The monoisotopic (exact) mass is 154 g/mol. The first-order valence-corrected chi connectivity index (χ1v) is 3.90. The van der Waals surface area contributed by atoms with Gasteiger partial charge in [-0.15, -0.1) is 0 Å². The number of hydrogen-bond donors (Lipinski definition) is 2. The van der Waals surface area contributed by atoms with Crippen molar-refractivity contribution in [3.63, 3.8) is 0 Å². The minimum atomic E-state index is -0.238. The first kappa shape index (κ1) is 8.50. The second-order valence-electron chi connectivity index (χ2n) is 2.91. The summed E-state index contributed by atoms with van der Waals surface area (Å²) in [4.78, 5) is 0. The lowest BCUT2D eigenvalue weighted by molar-refractivity contribution is 0.158. The average Bonchev–Trinajstić information content (AvgIpc) is 1.98. The van der Waals surface area contributed by atoms with Gasteiger partial charge in [0.05, 0.1) is 12.7 Å². The van der Waals surface area contributed by atoms with Crippen molar-refractivity contribution < 1.29 is 10.2 Å². The van der Waals surface area contributed by atoms with Crippen LogP contribution in [0.3, 0.4) is 0 Å². The van der Waals surface area contributed by atoms with Gasteiger partial charge in [0.2, 0.25) is 0 Å². The topological polar surface area (TPSA) is 40.5 Å².